The van der Waals surface area contributed by atoms with Gasteiger partial charge in [-0.3, -0.25) is 0 Å². The second-order valence-electron chi connectivity index (χ2n) is 7.59. The summed E-state index contributed by atoms with van der Waals surface area (Å²) in [6, 6.07) is 25.7. The third-order valence-electron chi connectivity index (χ3n) is 6.00. The van der Waals surface area contributed by atoms with E-state index in [0.29, 0.717) is 0 Å². The number of fused-ring (bicyclic) bond motifs is 9. The summed E-state index contributed by atoms with van der Waals surface area (Å²) in [5, 5.41) is 9.47. The molecule has 0 atom stereocenters. The van der Waals surface area contributed by atoms with E-state index in [2.05, 4.69) is 94.4 Å². The molecule has 0 bridgehead atoms. The third kappa shape index (κ3) is 1.90. The van der Waals surface area contributed by atoms with E-state index in [-0.39, 0.29) is 0 Å². The molecule has 30 heavy (non-hydrogen) atoms. The highest BCUT2D eigenvalue weighted by Gasteiger charge is 2.22. The van der Waals surface area contributed by atoms with Crippen LogP contribution in [0, 0.1) is 6.92 Å². The fourth-order valence-corrected chi connectivity index (χ4v) is 5.97. The molecule has 0 aliphatic rings. The molecule has 0 aliphatic heterocycles. The molecule has 0 saturated heterocycles. The molecule has 4 heterocycles. The minimum Gasteiger partial charge on any atom is -0.307 e. The number of aromatic nitrogens is 4. The zero-order valence-corrected chi connectivity index (χ0v) is 17.0. The molecule has 142 valence electrons. The summed E-state index contributed by atoms with van der Waals surface area (Å²) < 4.78 is 5.64. The number of thiophene rings is 1. The van der Waals surface area contributed by atoms with Crippen molar-refractivity contribution in [1.29, 1.82) is 0 Å². The fraction of sp³-hybridized carbons (Fsp3) is 0.0400. The van der Waals surface area contributed by atoms with Crippen molar-refractivity contribution >= 4 is 59.8 Å². The van der Waals surface area contributed by atoms with Crippen molar-refractivity contribution in [2.24, 2.45) is 0 Å². The number of benzene rings is 3. The molecule has 7 aromatic rings. The number of pyridine rings is 1. The van der Waals surface area contributed by atoms with E-state index in [1.54, 1.807) is 6.33 Å². The van der Waals surface area contributed by atoms with E-state index in [0.717, 1.165) is 11.2 Å². The van der Waals surface area contributed by atoms with Crippen LogP contribution in [-0.4, -0.2) is 19.2 Å². The Kier molecular flexibility index (Phi) is 3.05. The van der Waals surface area contributed by atoms with Crippen molar-refractivity contribution < 1.29 is 0 Å². The van der Waals surface area contributed by atoms with Crippen LogP contribution in [0.2, 0.25) is 0 Å². The monoisotopic (exact) mass is 404 g/mol. The maximum absolute atomic E-state index is 4.69. The van der Waals surface area contributed by atoms with Gasteiger partial charge in [0.25, 0.3) is 0 Å². The van der Waals surface area contributed by atoms with Crippen LogP contribution in [0.4, 0.5) is 0 Å². The van der Waals surface area contributed by atoms with Crippen molar-refractivity contribution in [1.82, 2.24) is 19.2 Å². The van der Waals surface area contributed by atoms with Crippen LogP contribution in [0.3, 0.4) is 0 Å². The Morgan fingerprint density at radius 1 is 0.733 bits per heavy atom. The second kappa shape index (κ2) is 5.68. The molecular formula is C25H16N4S. The van der Waals surface area contributed by atoms with Crippen molar-refractivity contribution in [2.45, 2.75) is 6.92 Å². The summed E-state index contributed by atoms with van der Waals surface area (Å²) in [5.74, 6) is 0. The molecule has 0 unspecified atom stereocenters. The quantitative estimate of drug-likeness (QED) is 0.313. The third-order valence-corrected chi connectivity index (χ3v) is 7.13. The van der Waals surface area contributed by atoms with E-state index in [4.69, 9.17) is 0 Å². The molecule has 7 rings (SSSR count). The molecule has 4 aromatic heterocycles. The summed E-state index contributed by atoms with van der Waals surface area (Å²) in [5.41, 5.74) is 5.63. The van der Waals surface area contributed by atoms with Crippen molar-refractivity contribution in [2.75, 3.05) is 0 Å². The highest BCUT2D eigenvalue weighted by atomic mass is 32.1. The van der Waals surface area contributed by atoms with Gasteiger partial charge in [0.15, 0.2) is 5.65 Å². The number of hydrogen-bond donors (Lipinski definition) is 0. The molecule has 0 N–H and O–H groups in total. The summed E-state index contributed by atoms with van der Waals surface area (Å²) in [6.45, 7) is 2.21. The number of rotatable bonds is 1. The first-order valence-electron chi connectivity index (χ1n) is 9.95. The van der Waals surface area contributed by atoms with Gasteiger partial charge in [-0.1, -0.05) is 54.6 Å². The lowest BCUT2D eigenvalue weighted by molar-refractivity contribution is 1.01. The number of nitrogens with zero attached hydrogens (tertiary/aromatic N) is 4. The number of hydrogen-bond acceptors (Lipinski definition) is 3. The van der Waals surface area contributed by atoms with E-state index >= 15 is 0 Å². The van der Waals surface area contributed by atoms with Crippen LogP contribution in [0.15, 0.2) is 79.1 Å². The van der Waals surface area contributed by atoms with Crippen LogP contribution in [-0.2, 0) is 0 Å². The largest absolute Gasteiger partial charge is 0.307 e. The van der Waals surface area contributed by atoms with Crippen LogP contribution >= 0.6 is 11.3 Å². The average Bonchev–Trinajstić information content (AvgIpc) is 3.48. The van der Waals surface area contributed by atoms with Gasteiger partial charge in [0.1, 0.15) is 6.33 Å². The van der Waals surface area contributed by atoms with Gasteiger partial charge in [0, 0.05) is 25.7 Å². The van der Waals surface area contributed by atoms with Crippen molar-refractivity contribution in [3.05, 3.63) is 84.0 Å². The molecule has 0 fully saturated rings. The number of para-hydroxylation sites is 3. The molecule has 0 amide bonds. The van der Waals surface area contributed by atoms with Gasteiger partial charge in [0.2, 0.25) is 0 Å². The molecule has 4 nitrogen and oxygen atoms in total. The smallest absolute Gasteiger partial charge is 0.166 e. The predicted octanol–water partition coefficient (Wildman–Crippen LogP) is 6.50. The zero-order valence-electron chi connectivity index (χ0n) is 16.2. The summed E-state index contributed by atoms with van der Waals surface area (Å²) in [7, 11) is 0. The van der Waals surface area contributed by atoms with Crippen molar-refractivity contribution in [3.8, 4) is 5.69 Å². The van der Waals surface area contributed by atoms with Gasteiger partial charge >= 0.3 is 0 Å². The van der Waals surface area contributed by atoms with Crippen LogP contribution in [0.25, 0.3) is 54.1 Å². The Labute approximate surface area is 175 Å². The summed E-state index contributed by atoms with van der Waals surface area (Å²) >= 11 is 1.84. The SMILES string of the molecule is Cc1sc2c3ccccc3n3ncnc3c2c1-n1c2ccccc2c2ccccc21. The van der Waals surface area contributed by atoms with Gasteiger partial charge in [0.05, 0.1) is 27.6 Å². The Hall–Kier alpha value is -3.70. The van der Waals surface area contributed by atoms with Gasteiger partial charge < -0.3 is 4.57 Å². The highest BCUT2D eigenvalue weighted by Crippen LogP contribution is 2.43. The second-order valence-corrected chi connectivity index (χ2v) is 8.82. The van der Waals surface area contributed by atoms with Crippen LogP contribution in [0.5, 0.6) is 0 Å². The molecule has 0 aliphatic carbocycles. The first-order chi connectivity index (χ1) is 14.8. The normalized spacial score (nSPS) is 12.2. The van der Waals surface area contributed by atoms with E-state index in [9.17, 15) is 0 Å². The van der Waals surface area contributed by atoms with Gasteiger partial charge in [-0.25, -0.2) is 9.50 Å². The van der Waals surface area contributed by atoms with Crippen LogP contribution < -0.4 is 0 Å². The predicted molar refractivity (Wildman–Crippen MR) is 125 cm³/mol. The van der Waals surface area contributed by atoms with Gasteiger partial charge in [-0.2, -0.15) is 5.10 Å². The van der Waals surface area contributed by atoms with E-state index in [1.165, 1.54) is 47.8 Å². The maximum Gasteiger partial charge on any atom is 0.166 e. The van der Waals surface area contributed by atoms with E-state index < -0.39 is 0 Å². The molecular weight excluding hydrogens is 388 g/mol. The highest BCUT2D eigenvalue weighted by molar-refractivity contribution is 7.20. The lowest BCUT2D eigenvalue weighted by atomic mass is 10.1. The Bertz CT molecular complexity index is 1710. The molecule has 5 heteroatoms. The average molecular weight is 404 g/mol. The first-order valence-corrected chi connectivity index (χ1v) is 10.8. The van der Waals surface area contributed by atoms with Crippen LogP contribution in [0.1, 0.15) is 4.88 Å². The Balaban J connectivity index is 1.78. The fourth-order valence-electron chi connectivity index (χ4n) is 4.80. The lowest BCUT2D eigenvalue weighted by Crippen LogP contribution is -1.97. The Morgan fingerprint density at radius 2 is 1.33 bits per heavy atom. The molecule has 3 aromatic carbocycles. The van der Waals surface area contributed by atoms with Gasteiger partial charge in [-0.15, -0.1) is 11.3 Å². The number of aryl methyl sites for hydroxylation is 1. The topological polar surface area (TPSA) is 35.1 Å². The minimum absolute atomic E-state index is 0.907. The summed E-state index contributed by atoms with van der Waals surface area (Å²) in [6.07, 6.45) is 1.66. The Morgan fingerprint density at radius 3 is 2.03 bits per heavy atom. The molecule has 0 radical (unpaired) electrons. The van der Waals surface area contributed by atoms with Gasteiger partial charge in [-0.05, 0) is 25.1 Å². The van der Waals surface area contributed by atoms with Crippen molar-refractivity contribution in [3.63, 3.8) is 0 Å². The standard InChI is InChI=1S/C25H16N4S/c1-15-23(28-19-11-5-2-8-16(19)17-9-3-6-12-20(17)28)22-24(30-15)18-10-4-7-13-21(18)29-25(22)26-14-27-29/h2-14H,1H3. The maximum atomic E-state index is 4.69. The first kappa shape index (κ1) is 16.1. The lowest BCUT2D eigenvalue weighted by Gasteiger charge is -2.10. The molecule has 0 spiro atoms. The van der Waals surface area contributed by atoms with E-state index in [1.807, 2.05) is 15.9 Å². The minimum atomic E-state index is 0.907. The molecule has 0 saturated carbocycles. The zero-order chi connectivity index (χ0) is 19.8. The summed E-state index contributed by atoms with van der Waals surface area (Å²) in [4.78, 5) is 5.96.